The Labute approximate surface area is 124 Å². The summed E-state index contributed by atoms with van der Waals surface area (Å²) in [5.41, 5.74) is 0.607. The van der Waals surface area contributed by atoms with E-state index in [-0.39, 0.29) is 11.9 Å². The first-order valence-corrected chi connectivity index (χ1v) is 7.32. The molecule has 5 heteroatoms. The molecule has 1 aliphatic heterocycles. The van der Waals surface area contributed by atoms with Crippen LogP contribution in [0.1, 0.15) is 30.1 Å². The predicted octanol–water partition coefficient (Wildman–Crippen LogP) is 2.11. The Balaban J connectivity index is 1.81. The molecule has 108 valence electrons. The van der Waals surface area contributed by atoms with Gasteiger partial charge in [0.1, 0.15) is 0 Å². The fraction of sp³-hybridized carbons (Fsp3) is 0.467. The molecule has 2 N–H and O–H groups in total. The zero-order valence-corrected chi connectivity index (χ0v) is 12.4. The van der Waals surface area contributed by atoms with Crippen molar-refractivity contribution in [1.82, 2.24) is 10.6 Å². The molecule has 1 aromatic rings. The number of thiocarbonyl (C=S) groups is 1. The number of carbonyl (C=O) groups excluding carboxylic acids is 1. The number of ether oxygens (including phenoxy) is 1. The van der Waals surface area contributed by atoms with Crippen LogP contribution in [0, 0.1) is 5.92 Å². The van der Waals surface area contributed by atoms with Gasteiger partial charge in [-0.1, -0.05) is 18.2 Å². The number of rotatable bonds is 3. The monoisotopic (exact) mass is 292 g/mol. The van der Waals surface area contributed by atoms with Crippen LogP contribution in [0.4, 0.5) is 0 Å². The van der Waals surface area contributed by atoms with Crippen LogP contribution in [0.15, 0.2) is 30.3 Å². The molecule has 1 aromatic carbocycles. The van der Waals surface area contributed by atoms with E-state index in [1.807, 2.05) is 18.2 Å². The lowest BCUT2D eigenvalue weighted by Crippen LogP contribution is -2.46. The van der Waals surface area contributed by atoms with Crippen molar-refractivity contribution in [2.24, 2.45) is 5.92 Å². The van der Waals surface area contributed by atoms with Crippen LogP contribution in [-0.4, -0.2) is 30.3 Å². The normalized spacial score (nSPS) is 17.2. The summed E-state index contributed by atoms with van der Waals surface area (Å²) in [7, 11) is 0. The summed E-state index contributed by atoms with van der Waals surface area (Å²) in [6.07, 6.45) is 2.06. The van der Waals surface area contributed by atoms with Gasteiger partial charge in [-0.15, -0.1) is 0 Å². The van der Waals surface area contributed by atoms with Crippen LogP contribution >= 0.6 is 12.2 Å². The molecule has 1 saturated heterocycles. The third-order valence-corrected chi connectivity index (χ3v) is 3.81. The fourth-order valence-electron chi connectivity index (χ4n) is 2.34. The Kier molecular flexibility index (Phi) is 5.49. The van der Waals surface area contributed by atoms with Crippen LogP contribution in [0.5, 0.6) is 0 Å². The van der Waals surface area contributed by atoms with Gasteiger partial charge in [0.2, 0.25) is 0 Å². The SMILES string of the molecule is CC(NC(=S)NC(=O)c1ccccc1)C1CCOCC1. The van der Waals surface area contributed by atoms with E-state index in [4.69, 9.17) is 17.0 Å². The van der Waals surface area contributed by atoms with E-state index in [1.165, 1.54) is 0 Å². The molecule has 0 aliphatic carbocycles. The van der Waals surface area contributed by atoms with Gasteiger partial charge in [-0.05, 0) is 50.0 Å². The zero-order valence-electron chi connectivity index (χ0n) is 11.6. The summed E-state index contributed by atoms with van der Waals surface area (Å²) >= 11 is 5.20. The molecule has 0 radical (unpaired) electrons. The quantitative estimate of drug-likeness (QED) is 0.838. The summed E-state index contributed by atoms with van der Waals surface area (Å²) in [4.78, 5) is 12.0. The summed E-state index contributed by atoms with van der Waals surface area (Å²) < 4.78 is 5.35. The minimum absolute atomic E-state index is 0.178. The molecule has 20 heavy (non-hydrogen) atoms. The first kappa shape index (κ1) is 14.9. The molecular formula is C15H20N2O2S. The number of hydrogen-bond donors (Lipinski definition) is 2. The molecule has 0 spiro atoms. The lowest BCUT2D eigenvalue weighted by atomic mass is 9.93. The van der Waals surface area contributed by atoms with Crippen molar-refractivity contribution in [2.75, 3.05) is 13.2 Å². The van der Waals surface area contributed by atoms with Crippen molar-refractivity contribution in [3.05, 3.63) is 35.9 Å². The number of nitrogens with one attached hydrogen (secondary N) is 2. The first-order chi connectivity index (χ1) is 9.66. The smallest absolute Gasteiger partial charge is 0.257 e. The van der Waals surface area contributed by atoms with E-state index in [0.29, 0.717) is 16.6 Å². The van der Waals surface area contributed by atoms with Crippen molar-refractivity contribution in [3.8, 4) is 0 Å². The highest BCUT2D eigenvalue weighted by Gasteiger charge is 2.21. The van der Waals surface area contributed by atoms with E-state index in [9.17, 15) is 4.79 Å². The van der Waals surface area contributed by atoms with Gasteiger partial charge in [0.15, 0.2) is 5.11 Å². The molecule has 1 aliphatic rings. The number of hydrogen-bond acceptors (Lipinski definition) is 3. The highest BCUT2D eigenvalue weighted by atomic mass is 32.1. The highest BCUT2D eigenvalue weighted by Crippen LogP contribution is 2.18. The van der Waals surface area contributed by atoms with Gasteiger partial charge in [-0.3, -0.25) is 10.1 Å². The topological polar surface area (TPSA) is 50.4 Å². The third kappa shape index (κ3) is 4.28. The standard InChI is InChI=1S/C15H20N2O2S/c1-11(12-7-9-19-10-8-12)16-15(20)17-14(18)13-5-3-2-4-6-13/h2-6,11-12H,7-10H2,1H3,(H2,16,17,18,20). The number of benzene rings is 1. The molecule has 0 bridgehead atoms. The van der Waals surface area contributed by atoms with E-state index >= 15 is 0 Å². The lowest BCUT2D eigenvalue weighted by Gasteiger charge is -2.29. The third-order valence-electron chi connectivity index (χ3n) is 3.59. The lowest BCUT2D eigenvalue weighted by molar-refractivity contribution is 0.0581. The van der Waals surface area contributed by atoms with Gasteiger partial charge >= 0.3 is 0 Å². The van der Waals surface area contributed by atoms with Crippen LogP contribution in [0.3, 0.4) is 0 Å². The molecule has 0 saturated carbocycles. The zero-order chi connectivity index (χ0) is 14.4. The van der Waals surface area contributed by atoms with Gasteiger partial charge in [-0.2, -0.15) is 0 Å². The molecular weight excluding hydrogens is 272 g/mol. The average Bonchev–Trinajstić information content (AvgIpc) is 2.49. The second-order valence-corrected chi connectivity index (χ2v) is 5.44. The van der Waals surface area contributed by atoms with Gasteiger partial charge in [0.05, 0.1) is 0 Å². The maximum absolute atomic E-state index is 12.0. The molecule has 1 atom stereocenters. The summed E-state index contributed by atoms with van der Waals surface area (Å²) in [5, 5.41) is 6.30. The van der Waals surface area contributed by atoms with E-state index in [2.05, 4.69) is 17.6 Å². The van der Waals surface area contributed by atoms with Crippen LogP contribution in [0.2, 0.25) is 0 Å². The van der Waals surface area contributed by atoms with Gasteiger partial charge in [0, 0.05) is 24.8 Å². The highest BCUT2D eigenvalue weighted by molar-refractivity contribution is 7.80. The van der Waals surface area contributed by atoms with Crippen LogP contribution in [-0.2, 0) is 4.74 Å². The van der Waals surface area contributed by atoms with Crippen molar-refractivity contribution >= 4 is 23.2 Å². The van der Waals surface area contributed by atoms with E-state index in [1.54, 1.807) is 12.1 Å². The Bertz CT molecular complexity index is 458. The van der Waals surface area contributed by atoms with Crippen molar-refractivity contribution in [3.63, 3.8) is 0 Å². The number of carbonyl (C=O) groups is 1. The minimum Gasteiger partial charge on any atom is -0.381 e. The molecule has 1 unspecified atom stereocenters. The van der Waals surface area contributed by atoms with Gasteiger partial charge in [0.25, 0.3) is 5.91 Å². The molecule has 2 rings (SSSR count). The molecule has 1 amide bonds. The molecule has 1 heterocycles. The molecule has 0 aromatic heterocycles. The van der Waals surface area contributed by atoms with Crippen LogP contribution < -0.4 is 10.6 Å². The summed E-state index contributed by atoms with van der Waals surface area (Å²) in [6.45, 7) is 3.70. The average molecular weight is 292 g/mol. The largest absolute Gasteiger partial charge is 0.381 e. The Morgan fingerprint density at radius 3 is 2.60 bits per heavy atom. The fourth-order valence-corrected chi connectivity index (χ4v) is 2.62. The molecule has 4 nitrogen and oxygen atoms in total. The second kappa shape index (κ2) is 7.36. The van der Waals surface area contributed by atoms with Crippen molar-refractivity contribution in [2.45, 2.75) is 25.8 Å². The van der Waals surface area contributed by atoms with E-state index in [0.717, 1.165) is 26.1 Å². The second-order valence-electron chi connectivity index (χ2n) is 5.03. The summed E-state index contributed by atoms with van der Waals surface area (Å²) in [5.74, 6) is 0.359. The first-order valence-electron chi connectivity index (χ1n) is 6.91. The van der Waals surface area contributed by atoms with Gasteiger partial charge < -0.3 is 10.1 Å². The number of amides is 1. The van der Waals surface area contributed by atoms with Gasteiger partial charge in [-0.25, -0.2) is 0 Å². The van der Waals surface area contributed by atoms with Crippen molar-refractivity contribution < 1.29 is 9.53 Å². The Morgan fingerprint density at radius 1 is 1.30 bits per heavy atom. The van der Waals surface area contributed by atoms with E-state index < -0.39 is 0 Å². The maximum Gasteiger partial charge on any atom is 0.257 e. The van der Waals surface area contributed by atoms with Crippen LogP contribution in [0.25, 0.3) is 0 Å². The Morgan fingerprint density at radius 2 is 1.95 bits per heavy atom. The maximum atomic E-state index is 12.0. The van der Waals surface area contributed by atoms with Crippen molar-refractivity contribution in [1.29, 1.82) is 0 Å². The predicted molar refractivity (Wildman–Crippen MR) is 82.6 cm³/mol. The molecule has 1 fully saturated rings. The Hall–Kier alpha value is -1.46. The summed E-state index contributed by atoms with van der Waals surface area (Å²) in [6, 6.07) is 9.30. The minimum atomic E-state index is -0.178.